The van der Waals surface area contributed by atoms with Crippen molar-refractivity contribution in [2.75, 3.05) is 17.6 Å². The van der Waals surface area contributed by atoms with Gasteiger partial charge in [-0.05, 0) is 31.5 Å². The second-order valence-electron chi connectivity index (χ2n) is 4.89. The molecule has 0 spiro atoms. The maximum absolute atomic E-state index is 12.1. The van der Waals surface area contributed by atoms with E-state index >= 15 is 0 Å². The largest absolute Gasteiger partial charge is 0.449 e. The lowest BCUT2D eigenvalue weighted by molar-refractivity contribution is -0.129. The fourth-order valence-electron chi connectivity index (χ4n) is 1.88. The minimum atomic E-state index is -0.862. The monoisotopic (exact) mass is 322 g/mol. The van der Waals surface area contributed by atoms with E-state index in [1.54, 1.807) is 18.2 Å². The third-order valence-electron chi connectivity index (χ3n) is 3.05. The van der Waals surface area contributed by atoms with E-state index < -0.39 is 12.1 Å². The minimum Gasteiger partial charge on any atom is -0.449 e. The maximum Gasteiger partial charge on any atom is 0.338 e. The van der Waals surface area contributed by atoms with Crippen LogP contribution in [-0.2, 0) is 14.3 Å². The highest BCUT2D eigenvalue weighted by Gasteiger charge is 2.21. The van der Waals surface area contributed by atoms with Crippen LogP contribution in [-0.4, -0.2) is 36.2 Å². The summed E-state index contributed by atoms with van der Waals surface area (Å²) >= 11 is 1.42. The van der Waals surface area contributed by atoms with E-state index in [2.05, 4.69) is 10.6 Å². The van der Waals surface area contributed by atoms with Gasteiger partial charge in [0.2, 0.25) is 5.91 Å². The summed E-state index contributed by atoms with van der Waals surface area (Å²) in [5, 5.41) is 5.38. The van der Waals surface area contributed by atoms with Gasteiger partial charge in [-0.25, -0.2) is 4.79 Å². The summed E-state index contributed by atoms with van der Waals surface area (Å²) in [4.78, 5) is 36.1. The van der Waals surface area contributed by atoms with Crippen LogP contribution < -0.4 is 10.6 Å². The van der Waals surface area contributed by atoms with Gasteiger partial charge in [0, 0.05) is 11.4 Å². The standard InChI is InChI=1S/C15H18N2O4S/c1-3-6-16-14(19)9(2)21-15(20)10-4-5-12-11(7-10)17-13(18)8-22-12/h4-5,7,9H,3,6,8H2,1-2H3,(H,16,19)(H,17,18). The van der Waals surface area contributed by atoms with E-state index in [4.69, 9.17) is 4.74 Å². The topological polar surface area (TPSA) is 84.5 Å². The molecule has 2 N–H and O–H groups in total. The van der Waals surface area contributed by atoms with Crippen LogP contribution in [0.5, 0.6) is 0 Å². The molecule has 0 bridgehead atoms. The number of fused-ring (bicyclic) bond motifs is 1. The quantitative estimate of drug-likeness (QED) is 0.808. The number of esters is 1. The zero-order valence-electron chi connectivity index (χ0n) is 12.5. The molecular weight excluding hydrogens is 304 g/mol. The van der Waals surface area contributed by atoms with Crippen LogP contribution in [0.4, 0.5) is 5.69 Å². The SMILES string of the molecule is CCCNC(=O)C(C)OC(=O)c1ccc2c(c1)NC(=O)CS2. The zero-order valence-corrected chi connectivity index (χ0v) is 13.3. The van der Waals surface area contributed by atoms with Crippen LogP contribution in [0.2, 0.25) is 0 Å². The number of carbonyl (C=O) groups is 3. The van der Waals surface area contributed by atoms with Crippen molar-refractivity contribution >= 4 is 35.2 Å². The van der Waals surface area contributed by atoms with Crippen molar-refractivity contribution in [3.8, 4) is 0 Å². The Morgan fingerprint density at radius 3 is 2.95 bits per heavy atom. The van der Waals surface area contributed by atoms with Gasteiger partial charge < -0.3 is 15.4 Å². The molecule has 0 radical (unpaired) electrons. The summed E-state index contributed by atoms with van der Waals surface area (Å²) < 4.78 is 5.14. The fraction of sp³-hybridized carbons (Fsp3) is 0.400. The first-order valence-electron chi connectivity index (χ1n) is 7.06. The second-order valence-corrected chi connectivity index (χ2v) is 5.90. The first kappa shape index (κ1) is 16.4. The van der Waals surface area contributed by atoms with Crippen LogP contribution in [0.1, 0.15) is 30.6 Å². The highest BCUT2D eigenvalue weighted by Crippen LogP contribution is 2.32. The van der Waals surface area contributed by atoms with Crippen molar-refractivity contribution < 1.29 is 19.1 Å². The number of benzene rings is 1. The van der Waals surface area contributed by atoms with Crippen molar-refractivity contribution in [1.82, 2.24) is 5.32 Å². The molecule has 7 heteroatoms. The maximum atomic E-state index is 12.1. The molecular formula is C15H18N2O4S. The summed E-state index contributed by atoms with van der Waals surface area (Å²) in [5.74, 6) is -0.648. The number of amides is 2. The zero-order chi connectivity index (χ0) is 16.1. The average molecular weight is 322 g/mol. The van der Waals surface area contributed by atoms with Crippen LogP contribution in [0, 0.1) is 0 Å². The molecule has 1 aromatic rings. The number of ether oxygens (including phenoxy) is 1. The van der Waals surface area contributed by atoms with Gasteiger partial charge in [-0.15, -0.1) is 11.8 Å². The van der Waals surface area contributed by atoms with Gasteiger partial charge in [0.15, 0.2) is 6.10 Å². The van der Waals surface area contributed by atoms with Crippen molar-refractivity contribution in [3.05, 3.63) is 23.8 Å². The molecule has 0 fully saturated rings. The molecule has 1 aliphatic heterocycles. The molecule has 0 aromatic heterocycles. The molecule has 0 saturated carbocycles. The molecule has 1 aromatic carbocycles. The number of hydrogen-bond donors (Lipinski definition) is 2. The van der Waals surface area contributed by atoms with E-state index in [0.29, 0.717) is 23.5 Å². The lowest BCUT2D eigenvalue weighted by atomic mass is 10.2. The lowest BCUT2D eigenvalue weighted by Crippen LogP contribution is -2.36. The first-order chi connectivity index (χ1) is 10.5. The second kappa shape index (κ2) is 7.31. The van der Waals surface area contributed by atoms with Gasteiger partial charge in [0.05, 0.1) is 17.0 Å². The summed E-state index contributed by atoms with van der Waals surface area (Å²) in [6.45, 7) is 4.01. The predicted molar refractivity (Wildman–Crippen MR) is 84.0 cm³/mol. The molecule has 22 heavy (non-hydrogen) atoms. The molecule has 6 nitrogen and oxygen atoms in total. The van der Waals surface area contributed by atoms with E-state index in [9.17, 15) is 14.4 Å². The van der Waals surface area contributed by atoms with E-state index in [1.807, 2.05) is 6.92 Å². The highest BCUT2D eigenvalue weighted by molar-refractivity contribution is 8.00. The van der Waals surface area contributed by atoms with Gasteiger partial charge in [-0.1, -0.05) is 6.92 Å². The normalized spacial score (nSPS) is 14.5. The molecule has 0 saturated heterocycles. The lowest BCUT2D eigenvalue weighted by Gasteiger charge is -2.17. The van der Waals surface area contributed by atoms with Gasteiger partial charge in [0.1, 0.15) is 0 Å². The van der Waals surface area contributed by atoms with Crippen LogP contribution in [0.25, 0.3) is 0 Å². The number of anilines is 1. The Bertz CT molecular complexity index is 603. The van der Waals surface area contributed by atoms with Crippen molar-refractivity contribution in [2.24, 2.45) is 0 Å². The molecule has 118 valence electrons. The molecule has 0 aliphatic carbocycles. The van der Waals surface area contributed by atoms with Gasteiger partial charge in [0.25, 0.3) is 5.91 Å². The molecule has 1 aliphatic rings. The summed E-state index contributed by atoms with van der Waals surface area (Å²) in [5.41, 5.74) is 0.899. The molecule has 1 heterocycles. The van der Waals surface area contributed by atoms with Crippen LogP contribution >= 0.6 is 11.8 Å². The Morgan fingerprint density at radius 1 is 1.45 bits per heavy atom. The Hall–Kier alpha value is -2.02. The smallest absolute Gasteiger partial charge is 0.338 e. The number of nitrogens with one attached hydrogen (secondary N) is 2. The average Bonchev–Trinajstić information content (AvgIpc) is 2.51. The minimum absolute atomic E-state index is 0.102. The van der Waals surface area contributed by atoms with E-state index in [-0.39, 0.29) is 11.8 Å². The Labute approximate surface area is 133 Å². The van der Waals surface area contributed by atoms with Crippen LogP contribution in [0.3, 0.4) is 0 Å². The number of thioether (sulfide) groups is 1. The molecule has 2 amide bonds. The van der Waals surface area contributed by atoms with Crippen molar-refractivity contribution in [3.63, 3.8) is 0 Å². The van der Waals surface area contributed by atoms with Crippen molar-refractivity contribution in [2.45, 2.75) is 31.3 Å². The Morgan fingerprint density at radius 2 is 2.23 bits per heavy atom. The highest BCUT2D eigenvalue weighted by atomic mass is 32.2. The molecule has 2 rings (SSSR count). The molecule has 1 atom stereocenters. The molecule has 1 unspecified atom stereocenters. The van der Waals surface area contributed by atoms with E-state index in [1.165, 1.54) is 18.7 Å². The summed E-state index contributed by atoms with van der Waals surface area (Å²) in [6.07, 6.45) is -0.0479. The van der Waals surface area contributed by atoms with Gasteiger partial charge in [-0.2, -0.15) is 0 Å². The van der Waals surface area contributed by atoms with Gasteiger partial charge in [-0.3, -0.25) is 9.59 Å². The third-order valence-corrected chi connectivity index (χ3v) is 4.12. The number of hydrogen-bond acceptors (Lipinski definition) is 5. The third kappa shape index (κ3) is 4.00. The first-order valence-corrected chi connectivity index (χ1v) is 8.05. The summed E-state index contributed by atoms with van der Waals surface area (Å²) in [6, 6.07) is 4.96. The Balaban J connectivity index is 2.02. The van der Waals surface area contributed by atoms with E-state index in [0.717, 1.165) is 11.3 Å². The van der Waals surface area contributed by atoms with Crippen molar-refractivity contribution in [1.29, 1.82) is 0 Å². The Kier molecular flexibility index (Phi) is 5.43. The van der Waals surface area contributed by atoms with Gasteiger partial charge >= 0.3 is 5.97 Å². The van der Waals surface area contributed by atoms with Crippen LogP contribution in [0.15, 0.2) is 23.1 Å². The fourth-order valence-corrected chi connectivity index (χ4v) is 2.67. The summed E-state index contributed by atoms with van der Waals surface area (Å²) in [7, 11) is 0. The predicted octanol–water partition coefficient (Wildman–Crippen LogP) is 1.80. The number of rotatable bonds is 5. The number of carbonyl (C=O) groups excluding carboxylic acids is 3.